The Labute approximate surface area is 182 Å². The number of nitrogens with one attached hydrogen (secondary N) is 1. The van der Waals surface area contributed by atoms with Gasteiger partial charge < -0.3 is 19.9 Å². The number of aromatic nitrogens is 1. The number of hydrogen-bond donors (Lipinski definition) is 1. The number of ether oxygens (including phenoxy) is 1. The fraction of sp³-hybridized carbons (Fsp3) is 0.360. The summed E-state index contributed by atoms with van der Waals surface area (Å²) in [6, 6.07) is 18.4. The van der Waals surface area contributed by atoms with Crippen LogP contribution in [0, 0.1) is 0 Å². The van der Waals surface area contributed by atoms with Crippen LogP contribution in [0.4, 0.5) is 11.5 Å². The Hall–Kier alpha value is -3.28. The maximum absolute atomic E-state index is 12.9. The monoisotopic (exact) mass is 416 g/mol. The average molecular weight is 417 g/mol. The van der Waals surface area contributed by atoms with Crippen molar-refractivity contribution in [3.8, 4) is 5.75 Å². The second kappa shape index (κ2) is 8.46. The second-order valence-electron chi connectivity index (χ2n) is 8.17. The molecule has 1 N–H and O–H groups in total. The van der Waals surface area contributed by atoms with Gasteiger partial charge in [0.15, 0.2) is 0 Å². The Morgan fingerprint density at radius 1 is 1.03 bits per heavy atom. The third-order valence-electron chi connectivity index (χ3n) is 5.97. The molecular weight excluding hydrogens is 388 g/mol. The minimum Gasteiger partial charge on any atom is -0.492 e. The highest BCUT2D eigenvalue weighted by molar-refractivity contribution is 6.07. The molecule has 1 aromatic heterocycles. The van der Waals surface area contributed by atoms with E-state index in [0.717, 1.165) is 72.7 Å². The van der Waals surface area contributed by atoms with E-state index in [1.807, 2.05) is 49.4 Å². The molecule has 0 atom stereocenters. The molecule has 0 spiro atoms. The van der Waals surface area contributed by atoms with E-state index in [0.29, 0.717) is 12.6 Å². The molecular formula is C25H28N4O2. The van der Waals surface area contributed by atoms with Crippen molar-refractivity contribution in [1.29, 1.82) is 0 Å². The van der Waals surface area contributed by atoms with Gasteiger partial charge >= 0.3 is 0 Å². The van der Waals surface area contributed by atoms with Crippen molar-refractivity contribution in [2.24, 2.45) is 0 Å². The second-order valence-corrected chi connectivity index (χ2v) is 8.17. The van der Waals surface area contributed by atoms with E-state index in [4.69, 9.17) is 9.72 Å². The molecule has 2 aliphatic rings. The van der Waals surface area contributed by atoms with E-state index in [9.17, 15) is 4.79 Å². The van der Waals surface area contributed by atoms with Crippen molar-refractivity contribution in [3.63, 3.8) is 0 Å². The molecule has 2 aromatic carbocycles. The summed E-state index contributed by atoms with van der Waals surface area (Å²) in [5, 5.41) is 4.04. The zero-order chi connectivity index (χ0) is 21.2. The summed E-state index contributed by atoms with van der Waals surface area (Å²) in [5.74, 6) is 1.81. The number of pyridine rings is 1. The lowest BCUT2D eigenvalue weighted by molar-refractivity contribution is 0.0952. The van der Waals surface area contributed by atoms with Crippen LogP contribution in [0.2, 0.25) is 0 Å². The highest BCUT2D eigenvalue weighted by atomic mass is 16.5. The highest BCUT2D eigenvalue weighted by Gasteiger charge is 2.26. The normalized spacial score (nSPS) is 16.4. The number of nitrogens with zero attached hydrogens (tertiary/aromatic N) is 3. The minimum absolute atomic E-state index is 0.00614. The van der Waals surface area contributed by atoms with Gasteiger partial charge in [-0.3, -0.25) is 4.79 Å². The third kappa shape index (κ3) is 4.15. The maximum atomic E-state index is 12.9. The molecule has 1 aliphatic heterocycles. The van der Waals surface area contributed by atoms with E-state index >= 15 is 0 Å². The standard InChI is InChI=1S/C25H28N4O2/c1-2-31-23-10-6-5-9-22(23)28-13-15-29(16-14-28)24-17-20(25(30)26-18-11-12-18)19-7-3-4-8-21(19)27-24/h3-10,17-18H,2,11-16H2,1H3,(H,26,30). The first-order valence-corrected chi connectivity index (χ1v) is 11.2. The Kier molecular flexibility index (Phi) is 5.37. The molecule has 5 rings (SSSR count). The Balaban J connectivity index is 1.38. The van der Waals surface area contributed by atoms with E-state index in [-0.39, 0.29) is 5.91 Å². The molecule has 3 aromatic rings. The zero-order valence-electron chi connectivity index (χ0n) is 17.9. The molecule has 0 bridgehead atoms. The number of para-hydroxylation sites is 3. The van der Waals surface area contributed by atoms with Crippen molar-refractivity contribution >= 4 is 28.3 Å². The first-order chi connectivity index (χ1) is 15.2. The summed E-state index contributed by atoms with van der Waals surface area (Å²) in [6.07, 6.45) is 2.15. The zero-order valence-corrected chi connectivity index (χ0v) is 17.9. The van der Waals surface area contributed by atoms with Crippen molar-refractivity contribution in [2.75, 3.05) is 42.6 Å². The van der Waals surface area contributed by atoms with Gasteiger partial charge in [-0.15, -0.1) is 0 Å². The number of benzene rings is 2. The number of hydrogen-bond acceptors (Lipinski definition) is 5. The van der Waals surface area contributed by atoms with Crippen LogP contribution in [-0.4, -0.2) is 49.7 Å². The Morgan fingerprint density at radius 2 is 1.74 bits per heavy atom. The van der Waals surface area contributed by atoms with Gasteiger partial charge in [0.25, 0.3) is 5.91 Å². The molecule has 2 fully saturated rings. The highest BCUT2D eigenvalue weighted by Crippen LogP contribution is 2.30. The number of piperazine rings is 1. The van der Waals surface area contributed by atoms with Crippen LogP contribution in [0.15, 0.2) is 54.6 Å². The number of carbonyl (C=O) groups is 1. The van der Waals surface area contributed by atoms with Crippen molar-refractivity contribution in [1.82, 2.24) is 10.3 Å². The van der Waals surface area contributed by atoms with E-state index in [2.05, 4.69) is 27.2 Å². The van der Waals surface area contributed by atoms with Crippen molar-refractivity contribution in [3.05, 3.63) is 60.2 Å². The smallest absolute Gasteiger partial charge is 0.252 e. The average Bonchev–Trinajstić information content (AvgIpc) is 3.63. The van der Waals surface area contributed by atoms with Crippen molar-refractivity contribution < 1.29 is 9.53 Å². The third-order valence-corrected chi connectivity index (χ3v) is 5.97. The topological polar surface area (TPSA) is 57.7 Å². The number of fused-ring (bicyclic) bond motifs is 1. The van der Waals surface area contributed by atoms with Gasteiger partial charge in [-0.25, -0.2) is 4.98 Å². The fourth-order valence-electron chi connectivity index (χ4n) is 4.17. The van der Waals surface area contributed by atoms with Crippen molar-refractivity contribution in [2.45, 2.75) is 25.8 Å². The fourth-order valence-corrected chi connectivity index (χ4v) is 4.17. The lowest BCUT2D eigenvalue weighted by atomic mass is 10.1. The number of carbonyl (C=O) groups excluding carboxylic acids is 1. The maximum Gasteiger partial charge on any atom is 0.252 e. The van der Waals surface area contributed by atoms with Gasteiger partial charge in [-0.2, -0.15) is 0 Å². The van der Waals surface area contributed by atoms with Gasteiger partial charge in [0.1, 0.15) is 11.6 Å². The molecule has 6 heteroatoms. The first kappa shape index (κ1) is 19.7. The summed E-state index contributed by atoms with van der Waals surface area (Å²) < 4.78 is 5.82. The molecule has 0 radical (unpaired) electrons. The van der Waals surface area contributed by atoms with Gasteiger partial charge in [-0.1, -0.05) is 30.3 Å². The molecule has 1 amide bonds. The molecule has 1 aliphatic carbocycles. The van der Waals surface area contributed by atoms with Gasteiger partial charge in [0.05, 0.1) is 23.4 Å². The lowest BCUT2D eigenvalue weighted by Crippen LogP contribution is -2.47. The van der Waals surface area contributed by atoms with Gasteiger partial charge in [0.2, 0.25) is 0 Å². The molecule has 0 unspecified atom stereocenters. The molecule has 31 heavy (non-hydrogen) atoms. The molecule has 1 saturated heterocycles. The lowest BCUT2D eigenvalue weighted by Gasteiger charge is -2.37. The van der Waals surface area contributed by atoms with E-state index in [1.54, 1.807) is 0 Å². The molecule has 2 heterocycles. The van der Waals surface area contributed by atoms with Crippen LogP contribution < -0.4 is 19.9 Å². The largest absolute Gasteiger partial charge is 0.492 e. The van der Waals surface area contributed by atoms with Crippen LogP contribution in [-0.2, 0) is 0 Å². The minimum atomic E-state index is 0.00614. The number of rotatable bonds is 6. The summed E-state index contributed by atoms with van der Waals surface area (Å²) in [6.45, 7) is 6.11. The number of anilines is 2. The Bertz CT molecular complexity index is 1090. The predicted octanol–water partition coefficient (Wildman–Crippen LogP) is 3.85. The van der Waals surface area contributed by atoms with Crippen LogP contribution in [0.1, 0.15) is 30.1 Å². The number of amides is 1. The van der Waals surface area contributed by atoms with E-state index in [1.165, 1.54) is 0 Å². The summed E-state index contributed by atoms with van der Waals surface area (Å²) in [7, 11) is 0. The van der Waals surface area contributed by atoms with Gasteiger partial charge in [-0.05, 0) is 44.0 Å². The van der Waals surface area contributed by atoms with Crippen LogP contribution in [0.25, 0.3) is 10.9 Å². The van der Waals surface area contributed by atoms with Crippen LogP contribution in [0.5, 0.6) is 5.75 Å². The first-order valence-electron chi connectivity index (χ1n) is 11.2. The summed E-state index contributed by atoms with van der Waals surface area (Å²) in [5.41, 5.74) is 2.72. The van der Waals surface area contributed by atoms with E-state index < -0.39 is 0 Å². The van der Waals surface area contributed by atoms with Crippen LogP contribution >= 0.6 is 0 Å². The quantitative estimate of drug-likeness (QED) is 0.661. The van der Waals surface area contributed by atoms with Crippen LogP contribution in [0.3, 0.4) is 0 Å². The Morgan fingerprint density at radius 3 is 2.52 bits per heavy atom. The van der Waals surface area contributed by atoms with Gasteiger partial charge in [0, 0.05) is 37.6 Å². The SMILES string of the molecule is CCOc1ccccc1N1CCN(c2cc(C(=O)NC3CC3)c3ccccc3n2)CC1. The molecule has 160 valence electrons. The summed E-state index contributed by atoms with van der Waals surface area (Å²) >= 11 is 0. The predicted molar refractivity (Wildman–Crippen MR) is 124 cm³/mol. The molecule has 1 saturated carbocycles. The molecule has 6 nitrogen and oxygen atoms in total. The summed E-state index contributed by atoms with van der Waals surface area (Å²) in [4.78, 5) is 22.4.